The van der Waals surface area contributed by atoms with Crippen LogP contribution in [0.1, 0.15) is 65.7 Å². The lowest BCUT2D eigenvalue weighted by Gasteiger charge is -2.47. The van der Waals surface area contributed by atoms with E-state index < -0.39 is 0 Å². The molecule has 1 N–H and O–H groups in total. The van der Waals surface area contributed by atoms with Crippen LogP contribution in [0.4, 0.5) is 0 Å². The van der Waals surface area contributed by atoms with Crippen LogP contribution < -0.4 is 5.32 Å². The molecule has 2 heteroatoms. The van der Waals surface area contributed by atoms with Crippen LogP contribution >= 0.6 is 0 Å². The van der Waals surface area contributed by atoms with Gasteiger partial charge in [0.2, 0.25) is 0 Å². The Morgan fingerprint density at radius 1 is 1.11 bits per heavy atom. The van der Waals surface area contributed by atoms with Gasteiger partial charge in [-0.05, 0) is 65.0 Å². The molecule has 0 spiro atoms. The fourth-order valence-electron chi connectivity index (χ4n) is 4.29. The normalized spacial score (nSPS) is 32.8. The Morgan fingerprint density at radius 2 is 1.83 bits per heavy atom. The number of hydrogen-bond acceptors (Lipinski definition) is 2. The highest BCUT2D eigenvalue weighted by atomic mass is 15.2. The van der Waals surface area contributed by atoms with E-state index in [-0.39, 0.29) is 0 Å². The van der Waals surface area contributed by atoms with Crippen molar-refractivity contribution < 1.29 is 0 Å². The van der Waals surface area contributed by atoms with Crippen LogP contribution in [0.25, 0.3) is 0 Å². The number of likely N-dealkylation sites (tertiary alicyclic amines) is 1. The van der Waals surface area contributed by atoms with Crippen LogP contribution in [0.3, 0.4) is 0 Å². The van der Waals surface area contributed by atoms with Crippen LogP contribution in [-0.2, 0) is 0 Å². The van der Waals surface area contributed by atoms with E-state index in [1.807, 2.05) is 0 Å². The highest BCUT2D eigenvalue weighted by Crippen LogP contribution is 2.36. The molecule has 0 radical (unpaired) electrons. The standard InChI is InChI=1S/C16H32N2/c1-4-17-13(2)12-14(3)18-11-7-9-15-8-5-6-10-16(15)18/h13-17H,4-12H2,1-3H3/t13?,14?,15-,16-/m1/s1. The predicted molar refractivity (Wildman–Crippen MR) is 78.9 cm³/mol. The summed E-state index contributed by atoms with van der Waals surface area (Å²) in [5.74, 6) is 1.02. The van der Waals surface area contributed by atoms with E-state index in [0.29, 0.717) is 6.04 Å². The molecule has 2 fully saturated rings. The maximum Gasteiger partial charge on any atom is 0.0126 e. The minimum absolute atomic E-state index is 0.661. The minimum Gasteiger partial charge on any atom is -0.314 e. The molecule has 1 aliphatic carbocycles. The van der Waals surface area contributed by atoms with E-state index in [0.717, 1.165) is 24.5 Å². The second kappa shape index (κ2) is 6.91. The summed E-state index contributed by atoms with van der Waals surface area (Å²) < 4.78 is 0. The molecule has 4 atom stereocenters. The topological polar surface area (TPSA) is 15.3 Å². The third-order valence-electron chi connectivity index (χ3n) is 5.10. The average Bonchev–Trinajstić information content (AvgIpc) is 2.38. The van der Waals surface area contributed by atoms with Gasteiger partial charge < -0.3 is 5.32 Å². The number of nitrogens with one attached hydrogen (secondary N) is 1. The number of rotatable bonds is 5. The first-order valence-corrected chi connectivity index (χ1v) is 8.21. The van der Waals surface area contributed by atoms with Gasteiger partial charge in [-0.1, -0.05) is 19.8 Å². The summed E-state index contributed by atoms with van der Waals surface area (Å²) in [6.07, 6.45) is 10.1. The van der Waals surface area contributed by atoms with E-state index in [1.165, 1.54) is 51.5 Å². The number of piperidine rings is 1. The number of fused-ring (bicyclic) bond motifs is 1. The first kappa shape index (κ1) is 14.3. The molecule has 0 bridgehead atoms. The van der Waals surface area contributed by atoms with Crippen molar-refractivity contribution in [1.29, 1.82) is 0 Å². The largest absolute Gasteiger partial charge is 0.314 e. The number of hydrogen-bond donors (Lipinski definition) is 1. The van der Waals surface area contributed by atoms with Crippen molar-refractivity contribution in [3.8, 4) is 0 Å². The Bertz CT molecular complexity index is 239. The van der Waals surface area contributed by atoms with Gasteiger partial charge in [0, 0.05) is 18.1 Å². The molecule has 1 saturated carbocycles. The van der Waals surface area contributed by atoms with Gasteiger partial charge in [0.15, 0.2) is 0 Å². The van der Waals surface area contributed by atoms with Gasteiger partial charge >= 0.3 is 0 Å². The molecule has 2 rings (SSSR count). The molecular weight excluding hydrogens is 220 g/mol. The summed E-state index contributed by atoms with van der Waals surface area (Å²) in [7, 11) is 0. The van der Waals surface area contributed by atoms with Crippen LogP contribution in [0, 0.1) is 5.92 Å². The molecule has 0 aromatic rings. The Balaban J connectivity index is 1.89. The molecular formula is C16H32N2. The molecule has 18 heavy (non-hydrogen) atoms. The maximum absolute atomic E-state index is 3.56. The van der Waals surface area contributed by atoms with Crippen molar-refractivity contribution >= 4 is 0 Å². The Labute approximate surface area is 114 Å². The zero-order chi connectivity index (χ0) is 13.0. The summed E-state index contributed by atoms with van der Waals surface area (Å²) in [5, 5.41) is 3.56. The monoisotopic (exact) mass is 252 g/mol. The van der Waals surface area contributed by atoms with E-state index in [1.54, 1.807) is 0 Å². The van der Waals surface area contributed by atoms with Gasteiger partial charge in [-0.3, -0.25) is 4.90 Å². The van der Waals surface area contributed by atoms with Gasteiger partial charge in [-0.25, -0.2) is 0 Å². The van der Waals surface area contributed by atoms with Crippen LogP contribution in [0.5, 0.6) is 0 Å². The Morgan fingerprint density at radius 3 is 2.61 bits per heavy atom. The van der Waals surface area contributed by atoms with Crippen LogP contribution in [0.15, 0.2) is 0 Å². The Kier molecular flexibility index (Phi) is 5.50. The quantitative estimate of drug-likeness (QED) is 0.806. The van der Waals surface area contributed by atoms with Crippen LogP contribution in [-0.4, -0.2) is 36.1 Å². The van der Waals surface area contributed by atoms with E-state index >= 15 is 0 Å². The highest BCUT2D eigenvalue weighted by Gasteiger charge is 2.35. The molecule has 1 aliphatic heterocycles. The molecule has 0 aromatic heterocycles. The lowest BCUT2D eigenvalue weighted by molar-refractivity contribution is 0.0261. The SMILES string of the molecule is CCNC(C)CC(C)N1CCC[C@H]2CCCC[C@H]21. The van der Waals surface area contributed by atoms with E-state index in [4.69, 9.17) is 0 Å². The first-order chi connectivity index (χ1) is 8.72. The van der Waals surface area contributed by atoms with Crippen molar-refractivity contribution in [2.24, 2.45) is 5.92 Å². The lowest BCUT2D eigenvalue weighted by Crippen LogP contribution is -2.51. The average molecular weight is 252 g/mol. The summed E-state index contributed by atoms with van der Waals surface area (Å²) in [6.45, 7) is 9.44. The van der Waals surface area contributed by atoms with Gasteiger partial charge in [0.1, 0.15) is 0 Å². The summed E-state index contributed by atoms with van der Waals surface area (Å²) in [4.78, 5) is 2.85. The van der Waals surface area contributed by atoms with Gasteiger partial charge in [-0.15, -0.1) is 0 Å². The zero-order valence-corrected chi connectivity index (χ0v) is 12.6. The molecule has 0 amide bonds. The third kappa shape index (κ3) is 3.48. The lowest BCUT2D eigenvalue weighted by atomic mass is 9.77. The minimum atomic E-state index is 0.661. The fraction of sp³-hybridized carbons (Fsp3) is 1.00. The first-order valence-electron chi connectivity index (χ1n) is 8.21. The maximum atomic E-state index is 3.56. The molecule has 2 nitrogen and oxygen atoms in total. The second-order valence-electron chi connectivity index (χ2n) is 6.54. The molecule has 106 valence electrons. The molecule has 1 saturated heterocycles. The third-order valence-corrected chi connectivity index (χ3v) is 5.10. The van der Waals surface area contributed by atoms with E-state index in [2.05, 4.69) is 31.0 Å². The van der Waals surface area contributed by atoms with Crippen molar-refractivity contribution in [3.63, 3.8) is 0 Å². The smallest absolute Gasteiger partial charge is 0.0126 e. The van der Waals surface area contributed by atoms with Crippen molar-refractivity contribution in [1.82, 2.24) is 10.2 Å². The Hall–Kier alpha value is -0.0800. The fourth-order valence-corrected chi connectivity index (χ4v) is 4.29. The van der Waals surface area contributed by atoms with Gasteiger partial charge in [-0.2, -0.15) is 0 Å². The molecule has 2 unspecified atom stereocenters. The van der Waals surface area contributed by atoms with E-state index in [9.17, 15) is 0 Å². The second-order valence-corrected chi connectivity index (χ2v) is 6.54. The molecule has 1 heterocycles. The van der Waals surface area contributed by atoms with Gasteiger partial charge in [0.05, 0.1) is 0 Å². The summed E-state index contributed by atoms with van der Waals surface area (Å²) in [6, 6.07) is 2.33. The zero-order valence-electron chi connectivity index (χ0n) is 12.6. The highest BCUT2D eigenvalue weighted by molar-refractivity contribution is 4.90. The summed E-state index contributed by atoms with van der Waals surface area (Å²) >= 11 is 0. The van der Waals surface area contributed by atoms with Crippen molar-refractivity contribution in [3.05, 3.63) is 0 Å². The predicted octanol–water partition coefficient (Wildman–Crippen LogP) is 3.42. The summed E-state index contributed by atoms with van der Waals surface area (Å²) in [5.41, 5.74) is 0. The van der Waals surface area contributed by atoms with Gasteiger partial charge in [0.25, 0.3) is 0 Å². The van der Waals surface area contributed by atoms with Crippen LogP contribution in [0.2, 0.25) is 0 Å². The number of nitrogens with zero attached hydrogens (tertiary/aromatic N) is 1. The van der Waals surface area contributed by atoms with Crippen molar-refractivity contribution in [2.75, 3.05) is 13.1 Å². The van der Waals surface area contributed by atoms with Crippen molar-refractivity contribution in [2.45, 2.75) is 83.8 Å². The molecule has 2 aliphatic rings. The molecule has 0 aromatic carbocycles.